The molecule has 2 aromatic rings. The third kappa shape index (κ3) is 2.67. The molecule has 0 radical (unpaired) electrons. The van der Waals surface area contributed by atoms with Crippen molar-refractivity contribution in [2.75, 3.05) is 24.6 Å². The number of morpholine rings is 1. The van der Waals surface area contributed by atoms with Crippen LogP contribution in [0.1, 0.15) is 17.6 Å². The summed E-state index contributed by atoms with van der Waals surface area (Å²) in [5, 5.41) is 0. The van der Waals surface area contributed by atoms with Crippen LogP contribution in [-0.4, -0.2) is 39.6 Å². The van der Waals surface area contributed by atoms with Crippen molar-refractivity contribution in [1.82, 2.24) is 19.9 Å². The fourth-order valence-corrected chi connectivity index (χ4v) is 2.23. The van der Waals surface area contributed by atoms with Gasteiger partial charge in [-0.05, 0) is 13.0 Å². The molecule has 7 nitrogen and oxygen atoms in total. The van der Waals surface area contributed by atoms with Gasteiger partial charge in [-0.2, -0.15) is 0 Å². The van der Waals surface area contributed by atoms with Gasteiger partial charge in [0.15, 0.2) is 0 Å². The SMILES string of the molecule is Cc1nc([C@@H]2CN(c3ncccn3)CCO2)cc(=O)[nH]1. The van der Waals surface area contributed by atoms with Crippen LogP contribution in [0.15, 0.2) is 29.3 Å². The summed E-state index contributed by atoms with van der Waals surface area (Å²) in [7, 11) is 0. The number of aryl methyl sites for hydroxylation is 1. The molecule has 3 rings (SSSR count). The molecule has 1 aliphatic heterocycles. The molecule has 2 aromatic heterocycles. The van der Waals surface area contributed by atoms with Gasteiger partial charge in [0.1, 0.15) is 11.9 Å². The Bertz CT molecular complexity index is 643. The van der Waals surface area contributed by atoms with E-state index in [1.807, 2.05) is 4.90 Å². The van der Waals surface area contributed by atoms with Crippen molar-refractivity contribution >= 4 is 5.95 Å². The molecule has 3 heterocycles. The van der Waals surface area contributed by atoms with Gasteiger partial charge in [0.2, 0.25) is 5.95 Å². The van der Waals surface area contributed by atoms with E-state index < -0.39 is 0 Å². The van der Waals surface area contributed by atoms with Crippen LogP contribution in [0.2, 0.25) is 0 Å². The minimum Gasteiger partial charge on any atom is -0.368 e. The second-order valence-corrected chi connectivity index (χ2v) is 4.61. The van der Waals surface area contributed by atoms with Crippen LogP contribution in [0.5, 0.6) is 0 Å². The Labute approximate surface area is 115 Å². The predicted molar refractivity (Wildman–Crippen MR) is 72.5 cm³/mol. The van der Waals surface area contributed by atoms with Crippen molar-refractivity contribution in [3.63, 3.8) is 0 Å². The van der Waals surface area contributed by atoms with Crippen molar-refractivity contribution in [3.05, 3.63) is 46.4 Å². The summed E-state index contributed by atoms with van der Waals surface area (Å²) in [5.74, 6) is 1.26. The standard InChI is InChI=1S/C13H15N5O2/c1-9-16-10(7-12(19)17-9)11-8-18(5-6-20-11)13-14-3-2-4-15-13/h2-4,7,11H,5-6,8H2,1H3,(H,16,17,19)/t11-/m0/s1. The van der Waals surface area contributed by atoms with Gasteiger partial charge in [-0.15, -0.1) is 0 Å². The molecule has 0 unspecified atom stereocenters. The zero-order valence-electron chi connectivity index (χ0n) is 11.1. The lowest BCUT2D eigenvalue weighted by molar-refractivity contribution is 0.0362. The van der Waals surface area contributed by atoms with E-state index in [4.69, 9.17) is 4.74 Å². The van der Waals surface area contributed by atoms with E-state index in [0.29, 0.717) is 30.6 Å². The maximum Gasteiger partial charge on any atom is 0.251 e. The van der Waals surface area contributed by atoms with Gasteiger partial charge in [-0.1, -0.05) is 0 Å². The van der Waals surface area contributed by atoms with Crippen molar-refractivity contribution in [2.45, 2.75) is 13.0 Å². The van der Waals surface area contributed by atoms with E-state index in [1.54, 1.807) is 25.4 Å². The number of H-pyrrole nitrogens is 1. The van der Waals surface area contributed by atoms with Gasteiger partial charge in [0.25, 0.3) is 5.56 Å². The van der Waals surface area contributed by atoms with Gasteiger partial charge in [0, 0.05) is 25.0 Å². The molecule has 1 atom stereocenters. The smallest absolute Gasteiger partial charge is 0.251 e. The van der Waals surface area contributed by atoms with Gasteiger partial charge in [-0.3, -0.25) is 4.79 Å². The minimum absolute atomic E-state index is 0.163. The van der Waals surface area contributed by atoms with Crippen molar-refractivity contribution in [1.29, 1.82) is 0 Å². The number of nitrogens with zero attached hydrogens (tertiary/aromatic N) is 4. The number of aromatic nitrogens is 4. The summed E-state index contributed by atoms with van der Waals surface area (Å²) in [6.45, 7) is 3.62. The summed E-state index contributed by atoms with van der Waals surface area (Å²) >= 11 is 0. The van der Waals surface area contributed by atoms with Crippen LogP contribution in [0.25, 0.3) is 0 Å². The highest BCUT2D eigenvalue weighted by Gasteiger charge is 2.25. The number of hydrogen-bond donors (Lipinski definition) is 1. The number of rotatable bonds is 2. The fourth-order valence-electron chi connectivity index (χ4n) is 2.23. The molecule has 0 amide bonds. The Balaban J connectivity index is 1.83. The van der Waals surface area contributed by atoms with Crippen LogP contribution in [0.4, 0.5) is 5.95 Å². The summed E-state index contributed by atoms with van der Waals surface area (Å²) in [5.41, 5.74) is 0.482. The Hall–Kier alpha value is -2.28. The maximum absolute atomic E-state index is 11.5. The van der Waals surface area contributed by atoms with E-state index in [-0.39, 0.29) is 11.7 Å². The zero-order valence-corrected chi connectivity index (χ0v) is 11.1. The van der Waals surface area contributed by atoms with Crippen LogP contribution in [-0.2, 0) is 4.74 Å². The monoisotopic (exact) mass is 273 g/mol. The second kappa shape index (κ2) is 5.38. The van der Waals surface area contributed by atoms with Crippen molar-refractivity contribution in [2.24, 2.45) is 0 Å². The summed E-state index contributed by atoms with van der Waals surface area (Å²) < 4.78 is 5.71. The molecule has 7 heteroatoms. The molecule has 0 aliphatic carbocycles. The van der Waals surface area contributed by atoms with Crippen LogP contribution < -0.4 is 10.5 Å². The van der Waals surface area contributed by atoms with E-state index in [0.717, 1.165) is 6.54 Å². The Morgan fingerprint density at radius 2 is 2.20 bits per heavy atom. The van der Waals surface area contributed by atoms with Crippen LogP contribution in [0, 0.1) is 6.92 Å². The van der Waals surface area contributed by atoms with E-state index in [2.05, 4.69) is 19.9 Å². The average molecular weight is 273 g/mol. The molecular weight excluding hydrogens is 258 g/mol. The fraction of sp³-hybridized carbons (Fsp3) is 0.385. The molecule has 1 fully saturated rings. The summed E-state index contributed by atoms with van der Waals surface area (Å²) in [6, 6.07) is 3.26. The third-order valence-corrected chi connectivity index (χ3v) is 3.11. The quantitative estimate of drug-likeness (QED) is 0.855. The Morgan fingerprint density at radius 1 is 1.40 bits per heavy atom. The molecule has 104 valence electrons. The largest absolute Gasteiger partial charge is 0.368 e. The van der Waals surface area contributed by atoms with Crippen molar-refractivity contribution in [3.8, 4) is 0 Å². The lowest BCUT2D eigenvalue weighted by Gasteiger charge is -2.32. The summed E-state index contributed by atoms with van der Waals surface area (Å²) in [6.07, 6.45) is 3.18. The molecule has 0 saturated carbocycles. The van der Waals surface area contributed by atoms with Gasteiger partial charge >= 0.3 is 0 Å². The number of ether oxygens (including phenoxy) is 1. The second-order valence-electron chi connectivity index (χ2n) is 4.61. The average Bonchev–Trinajstić information content (AvgIpc) is 2.47. The van der Waals surface area contributed by atoms with Crippen molar-refractivity contribution < 1.29 is 4.74 Å². The van der Waals surface area contributed by atoms with E-state index in [9.17, 15) is 4.79 Å². The number of hydrogen-bond acceptors (Lipinski definition) is 6. The molecule has 1 saturated heterocycles. The van der Waals surface area contributed by atoms with Crippen LogP contribution in [0.3, 0.4) is 0 Å². The third-order valence-electron chi connectivity index (χ3n) is 3.11. The van der Waals surface area contributed by atoms with Gasteiger partial charge < -0.3 is 14.6 Å². The maximum atomic E-state index is 11.5. The molecule has 20 heavy (non-hydrogen) atoms. The van der Waals surface area contributed by atoms with Gasteiger partial charge in [-0.25, -0.2) is 15.0 Å². The molecular formula is C13H15N5O2. The van der Waals surface area contributed by atoms with E-state index in [1.165, 1.54) is 6.07 Å². The first-order chi connectivity index (χ1) is 9.72. The lowest BCUT2D eigenvalue weighted by Crippen LogP contribution is -2.40. The van der Waals surface area contributed by atoms with Gasteiger partial charge in [0.05, 0.1) is 18.8 Å². The number of nitrogens with one attached hydrogen (secondary N) is 1. The first-order valence-electron chi connectivity index (χ1n) is 6.44. The number of aromatic amines is 1. The molecule has 0 spiro atoms. The topological polar surface area (TPSA) is 84.0 Å². The summed E-state index contributed by atoms with van der Waals surface area (Å²) in [4.78, 5) is 29.0. The van der Waals surface area contributed by atoms with E-state index >= 15 is 0 Å². The molecule has 0 bridgehead atoms. The highest BCUT2D eigenvalue weighted by atomic mass is 16.5. The van der Waals surface area contributed by atoms with Crippen LogP contribution >= 0.6 is 0 Å². The first-order valence-corrected chi connectivity index (χ1v) is 6.44. The first kappa shape index (κ1) is 12.7. The Kier molecular flexibility index (Phi) is 3.42. The normalized spacial score (nSPS) is 19.1. The molecule has 1 aliphatic rings. The Morgan fingerprint density at radius 3 is 2.95 bits per heavy atom. The highest BCUT2D eigenvalue weighted by Crippen LogP contribution is 2.21. The predicted octanol–water partition coefficient (Wildman–Crippen LogP) is 0.446. The zero-order chi connectivity index (χ0) is 13.9. The molecule has 0 aromatic carbocycles. The minimum atomic E-state index is -0.242. The number of anilines is 1. The molecule has 1 N–H and O–H groups in total. The highest BCUT2D eigenvalue weighted by molar-refractivity contribution is 5.30. The lowest BCUT2D eigenvalue weighted by atomic mass is 10.2.